The van der Waals surface area contributed by atoms with E-state index < -0.39 is 0 Å². The van der Waals surface area contributed by atoms with Gasteiger partial charge in [-0.2, -0.15) is 0 Å². The van der Waals surface area contributed by atoms with Crippen molar-refractivity contribution in [3.05, 3.63) is 70.2 Å². The molecule has 9 nitrogen and oxygen atoms in total. The lowest BCUT2D eigenvalue weighted by Gasteiger charge is -2.25. The first-order valence-electron chi connectivity index (χ1n) is 12.0. The number of nitrogens with zero attached hydrogens (tertiary/aromatic N) is 5. The van der Waals surface area contributed by atoms with Gasteiger partial charge < -0.3 is 14.1 Å². The molecule has 0 radical (unpaired) electrons. The Morgan fingerprint density at radius 2 is 2.03 bits per heavy atom. The van der Waals surface area contributed by atoms with E-state index in [1.54, 1.807) is 6.26 Å². The monoisotopic (exact) mass is 462 g/mol. The first-order valence-corrected chi connectivity index (χ1v) is 12.0. The van der Waals surface area contributed by atoms with E-state index >= 15 is 0 Å². The molecule has 4 aromatic rings. The van der Waals surface area contributed by atoms with Crippen LogP contribution in [-0.2, 0) is 19.6 Å². The van der Waals surface area contributed by atoms with Gasteiger partial charge in [0.05, 0.1) is 32.0 Å². The number of fused-ring (bicyclic) bond motifs is 1. The molecule has 3 heterocycles. The van der Waals surface area contributed by atoms with Gasteiger partial charge in [0, 0.05) is 23.0 Å². The van der Waals surface area contributed by atoms with Crippen molar-refractivity contribution in [2.45, 2.75) is 64.7 Å². The number of H-pyrrole nitrogens is 1. The van der Waals surface area contributed by atoms with Gasteiger partial charge in [-0.25, -0.2) is 4.68 Å². The van der Waals surface area contributed by atoms with Crippen LogP contribution in [0.4, 0.5) is 0 Å². The van der Waals surface area contributed by atoms with Gasteiger partial charge >= 0.3 is 0 Å². The SMILES string of the molecule is CCOc1ccc2[nH]c(=O)c(CN(Cc3ccco3)Cc3nnnn3C3CCCCC3)cc2c1. The lowest BCUT2D eigenvalue weighted by atomic mass is 9.95. The Hall–Kier alpha value is -3.46. The largest absolute Gasteiger partial charge is 0.494 e. The third-order valence-corrected chi connectivity index (χ3v) is 6.40. The van der Waals surface area contributed by atoms with Crippen LogP contribution in [-0.4, -0.2) is 36.7 Å². The van der Waals surface area contributed by atoms with Gasteiger partial charge in [-0.3, -0.25) is 9.69 Å². The predicted octanol–water partition coefficient (Wildman–Crippen LogP) is 4.21. The van der Waals surface area contributed by atoms with E-state index in [-0.39, 0.29) is 5.56 Å². The lowest BCUT2D eigenvalue weighted by molar-refractivity contribution is 0.209. The second-order valence-electron chi connectivity index (χ2n) is 8.86. The molecule has 0 bridgehead atoms. The Labute approximate surface area is 197 Å². The summed E-state index contributed by atoms with van der Waals surface area (Å²) in [5.74, 6) is 2.42. The zero-order valence-electron chi connectivity index (χ0n) is 19.4. The van der Waals surface area contributed by atoms with Crippen molar-refractivity contribution in [2.24, 2.45) is 0 Å². The molecule has 0 amide bonds. The minimum Gasteiger partial charge on any atom is -0.494 e. The van der Waals surface area contributed by atoms with Gasteiger partial charge in [0.25, 0.3) is 5.56 Å². The number of tetrazole rings is 1. The van der Waals surface area contributed by atoms with E-state index in [2.05, 4.69) is 25.4 Å². The van der Waals surface area contributed by atoms with E-state index in [4.69, 9.17) is 9.15 Å². The predicted molar refractivity (Wildman–Crippen MR) is 127 cm³/mol. The fourth-order valence-corrected chi connectivity index (χ4v) is 4.76. The van der Waals surface area contributed by atoms with Crippen molar-refractivity contribution in [1.29, 1.82) is 0 Å². The number of benzene rings is 1. The molecule has 178 valence electrons. The molecule has 34 heavy (non-hydrogen) atoms. The minimum atomic E-state index is -0.104. The number of pyridine rings is 1. The van der Waals surface area contributed by atoms with E-state index in [1.165, 1.54) is 19.3 Å². The van der Waals surface area contributed by atoms with E-state index in [0.717, 1.165) is 41.1 Å². The second-order valence-corrected chi connectivity index (χ2v) is 8.86. The van der Waals surface area contributed by atoms with Gasteiger partial charge in [0.1, 0.15) is 11.5 Å². The highest BCUT2D eigenvalue weighted by Crippen LogP contribution is 2.28. The van der Waals surface area contributed by atoms with E-state index in [9.17, 15) is 4.79 Å². The summed E-state index contributed by atoms with van der Waals surface area (Å²) in [5.41, 5.74) is 1.36. The molecule has 5 rings (SSSR count). The average molecular weight is 463 g/mol. The van der Waals surface area contributed by atoms with Crippen molar-refractivity contribution < 1.29 is 9.15 Å². The van der Waals surface area contributed by atoms with Crippen LogP contribution >= 0.6 is 0 Å². The van der Waals surface area contributed by atoms with Gasteiger partial charge in [-0.1, -0.05) is 19.3 Å². The van der Waals surface area contributed by atoms with Crippen molar-refractivity contribution in [2.75, 3.05) is 6.61 Å². The first-order chi connectivity index (χ1) is 16.7. The van der Waals surface area contributed by atoms with E-state index in [1.807, 2.05) is 48.0 Å². The Balaban J connectivity index is 1.43. The molecular weight excluding hydrogens is 432 g/mol. The summed E-state index contributed by atoms with van der Waals surface area (Å²) < 4.78 is 13.2. The number of aromatic amines is 1. The normalized spacial score (nSPS) is 14.8. The quantitative estimate of drug-likeness (QED) is 0.397. The van der Waals surface area contributed by atoms with Crippen LogP contribution in [0.2, 0.25) is 0 Å². The Bertz CT molecular complexity index is 1270. The Morgan fingerprint density at radius 3 is 2.82 bits per heavy atom. The van der Waals surface area contributed by atoms with E-state index in [0.29, 0.717) is 37.8 Å². The summed E-state index contributed by atoms with van der Waals surface area (Å²) in [6, 6.07) is 11.8. The topological polar surface area (TPSA) is 102 Å². The van der Waals surface area contributed by atoms with Crippen LogP contribution in [0.15, 0.2) is 51.9 Å². The summed E-state index contributed by atoms with van der Waals surface area (Å²) in [6.45, 7) is 4.04. The molecule has 1 aliphatic carbocycles. The molecule has 1 aliphatic rings. The van der Waals surface area contributed by atoms with Gasteiger partial charge in [0.2, 0.25) is 0 Å². The van der Waals surface area contributed by atoms with Crippen molar-refractivity contribution >= 4 is 10.9 Å². The maximum absolute atomic E-state index is 12.9. The van der Waals surface area contributed by atoms with Crippen molar-refractivity contribution in [1.82, 2.24) is 30.1 Å². The zero-order chi connectivity index (χ0) is 23.3. The highest BCUT2D eigenvalue weighted by atomic mass is 16.5. The Morgan fingerprint density at radius 1 is 1.15 bits per heavy atom. The maximum Gasteiger partial charge on any atom is 0.252 e. The van der Waals surface area contributed by atoms with Crippen LogP contribution in [0.25, 0.3) is 10.9 Å². The molecule has 0 aliphatic heterocycles. The first kappa shape index (κ1) is 22.3. The molecule has 1 aromatic carbocycles. The molecule has 1 N–H and O–H groups in total. The standard InChI is InChI=1S/C25H30N6O3/c1-2-33-21-10-11-23-18(14-21)13-19(25(32)26-23)15-30(16-22-9-6-12-34-22)17-24-27-28-29-31(24)20-7-4-3-5-8-20/h6,9-14,20H,2-5,7-8,15-17H2,1H3,(H,26,32). The summed E-state index contributed by atoms with van der Waals surface area (Å²) in [6.07, 6.45) is 7.55. The third-order valence-electron chi connectivity index (χ3n) is 6.40. The second kappa shape index (κ2) is 10.2. The fraction of sp³-hybridized carbons (Fsp3) is 0.440. The number of hydrogen-bond donors (Lipinski definition) is 1. The number of rotatable bonds is 9. The molecule has 0 atom stereocenters. The number of furan rings is 1. The third kappa shape index (κ3) is 5.04. The highest BCUT2D eigenvalue weighted by molar-refractivity contribution is 5.80. The number of ether oxygens (including phenoxy) is 1. The minimum absolute atomic E-state index is 0.104. The van der Waals surface area contributed by atoms with Crippen LogP contribution in [0.3, 0.4) is 0 Å². The summed E-state index contributed by atoms with van der Waals surface area (Å²) >= 11 is 0. The molecule has 0 spiro atoms. The molecule has 1 saturated carbocycles. The van der Waals surface area contributed by atoms with Crippen LogP contribution in [0.5, 0.6) is 5.75 Å². The zero-order valence-corrected chi connectivity index (χ0v) is 19.4. The van der Waals surface area contributed by atoms with Crippen LogP contribution in [0, 0.1) is 0 Å². The van der Waals surface area contributed by atoms with Gasteiger partial charge in [0.15, 0.2) is 5.82 Å². The van der Waals surface area contributed by atoms with Gasteiger partial charge in [-0.05, 0) is 66.6 Å². The molecule has 9 heteroatoms. The van der Waals surface area contributed by atoms with Gasteiger partial charge in [-0.15, -0.1) is 5.10 Å². The molecule has 1 fully saturated rings. The molecular formula is C25H30N6O3. The highest BCUT2D eigenvalue weighted by Gasteiger charge is 2.22. The molecule has 3 aromatic heterocycles. The maximum atomic E-state index is 12.9. The van der Waals surface area contributed by atoms with Crippen molar-refractivity contribution in [3.8, 4) is 5.75 Å². The molecule has 0 saturated heterocycles. The number of hydrogen-bond acceptors (Lipinski definition) is 7. The smallest absolute Gasteiger partial charge is 0.252 e. The molecule has 0 unspecified atom stereocenters. The number of aromatic nitrogens is 5. The van der Waals surface area contributed by atoms with Crippen LogP contribution < -0.4 is 10.3 Å². The average Bonchev–Trinajstić information content (AvgIpc) is 3.53. The Kier molecular flexibility index (Phi) is 6.71. The summed E-state index contributed by atoms with van der Waals surface area (Å²) in [4.78, 5) is 18.1. The fourth-order valence-electron chi connectivity index (χ4n) is 4.76. The summed E-state index contributed by atoms with van der Waals surface area (Å²) in [5, 5.41) is 13.5. The van der Waals surface area contributed by atoms with Crippen LogP contribution in [0.1, 0.15) is 62.2 Å². The lowest BCUT2D eigenvalue weighted by Crippen LogP contribution is -2.28. The number of nitrogens with one attached hydrogen (secondary N) is 1. The summed E-state index contributed by atoms with van der Waals surface area (Å²) in [7, 11) is 0. The van der Waals surface area contributed by atoms with Crippen molar-refractivity contribution in [3.63, 3.8) is 0 Å².